The number of carbonyl (C=O) groups is 1. The van der Waals surface area contributed by atoms with Crippen molar-refractivity contribution in [3.8, 4) is 5.69 Å². The van der Waals surface area contributed by atoms with E-state index in [2.05, 4.69) is 39.9 Å². The molecule has 3 rings (SSSR count). The summed E-state index contributed by atoms with van der Waals surface area (Å²) >= 11 is 1.33. The van der Waals surface area contributed by atoms with Crippen LogP contribution >= 0.6 is 11.8 Å². The Bertz CT molecular complexity index is 893. The molecule has 0 radical (unpaired) electrons. The smallest absolute Gasteiger partial charge is 0.230 e. The third-order valence-electron chi connectivity index (χ3n) is 4.00. The molecular weight excluding hydrogens is 346 g/mol. The summed E-state index contributed by atoms with van der Waals surface area (Å²) in [6.45, 7) is 4.72. The highest BCUT2D eigenvalue weighted by Gasteiger charge is 2.11. The molecule has 0 spiro atoms. The van der Waals surface area contributed by atoms with Gasteiger partial charge in [-0.1, -0.05) is 48.2 Å². The van der Waals surface area contributed by atoms with Crippen molar-refractivity contribution >= 4 is 17.7 Å². The molecule has 0 saturated heterocycles. The van der Waals surface area contributed by atoms with Gasteiger partial charge in [-0.3, -0.25) is 4.79 Å². The van der Waals surface area contributed by atoms with Gasteiger partial charge in [-0.2, -0.15) is 4.68 Å². The molecular formula is C19H21N5OS. The van der Waals surface area contributed by atoms with Crippen LogP contribution in [0.2, 0.25) is 0 Å². The molecule has 134 valence electrons. The van der Waals surface area contributed by atoms with Gasteiger partial charge in [-0.25, -0.2) is 0 Å². The Balaban J connectivity index is 1.51. The van der Waals surface area contributed by atoms with Crippen molar-refractivity contribution in [3.05, 3.63) is 65.2 Å². The van der Waals surface area contributed by atoms with Crippen LogP contribution in [0.3, 0.4) is 0 Å². The highest BCUT2D eigenvalue weighted by atomic mass is 32.2. The number of hydrogen-bond acceptors (Lipinski definition) is 5. The fraction of sp³-hybridized carbons (Fsp3) is 0.263. The molecule has 1 N–H and O–H groups in total. The second-order valence-electron chi connectivity index (χ2n) is 6.03. The number of carbonyl (C=O) groups excluding carboxylic acids is 1. The van der Waals surface area contributed by atoms with Crippen molar-refractivity contribution in [3.63, 3.8) is 0 Å². The molecule has 1 heterocycles. The van der Waals surface area contributed by atoms with Crippen LogP contribution in [-0.4, -0.2) is 38.4 Å². The lowest BCUT2D eigenvalue weighted by atomic mass is 10.1. The maximum atomic E-state index is 12.1. The lowest BCUT2D eigenvalue weighted by molar-refractivity contribution is -0.118. The van der Waals surface area contributed by atoms with Gasteiger partial charge in [0.25, 0.3) is 0 Å². The number of nitrogens with one attached hydrogen (secondary N) is 1. The van der Waals surface area contributed by atoms with E-state index in [-0.39, 0.29) is 11.7 Å². The standard InChI is InChI=1S/C19H21N5OS/c1-14-6-5-9-17(12-14)24-19(21-22-23-24)26-13-18(25)20-11-10-16-8-4-3-7-15(16)2/h3-9,12H,10-11,13H2,1-2H3,(H,20,25). The Morgan fingerprint density at radius 2 is 2.00 bits per heavy atom. The molecule has 0 aliphatic rings. The van der Waals surface area contributed by atoms with Crippen LogP contribution in [0.1, 0.15) is 16.7 Å². The molecule has 0 aliphatic carbocycles. The van der Waals surface area contributed by atoms with Gasteiger partial charge < -0.3 is 5.32 Å². The van der Waals surface area contributed by atoms with Crippen molar-refractivity contribution in [2.24, 2.45) is 0 Å². The minimum atomic E-state index is -0.0256. The van der Waals surface area contributed by atoms with E-state index in [1.807, 2.05) is 43.3 Å². The molecule has 0 saturated carbocycles. The first-order valence-electron chi connectivity index (χ1n) is 8.43. The number of aromatic nitrogens is 4. The zero-order chi connectivity index (χ0) is 18.4. The van der Waals surface area contributed by atoms with Crippen LogP contribution < -0.4 is 5.32 Å². The molecule has 1 aromatic heterocycles. The molecule has 0 bridgehead atoms. The summed E-state index contributed by atoms with van der Waals surface area (Å²) in [6.07, 6.45) is 0.824. The number of rotatable bonds is 7. The molecule has 2 aromatic carbocycles. The number of nitrogens with zero attached hydrogens (tertiary/aromatic N) is 4. The average Bonchev–Trinajstić information content (AvgIpc) is 3.10. The van der Waals surface area contributed by atoms with E-state index in [0.717, 1.165) is 17.7 Å². The van der Waals surface area contributed by atoms with Crippen LogP contribution in [0.4, 0.5) is 0 Å². The summed E-state index contributed by atoms with van der Waals surface area (Å²) < 4.78 is 1.65. The highest BCUT2D eigenvalue weighted by molar-refractivity contribution is 7.99. The topological polar surface area (TPSA) is 72.7 Å². The third-order valence-corrected chi connectivity index (χ3v) is 4.92. The quantitative estimate of drug-likeness (QED) is 0.650. The third kappa shape index (κ3) is 4.70. The van der Waals surface area contributed by atoms with Crippen LogP contribution in [-0.2, 0) is 11.2 Å². The van der Waals surface area contributed by atoms with Gasteiger partial charge in [0.15, 0.2) is 0 Å². The SMILES string of the molecule is Cc1cccc(-n2nnnc2SCC(=O)NCCc2ccccc2C)c1. The number of thioether (sulfide) groups is 1. The van der Waals surface area contributed by atoms with Crippen molar-refractivity contribution in [1.82, 2.24) is 25.5 Å². The minimum absolute atomic E-state index is 0.0256. The van der Waals surface area contributed by atoms with E-state index in [9.17, 15) is 4.79 Å². The molecule has 7 heteroatoms. The maximum absolute atomic E-state index is 12.1. The summed E-state index contributed by atoms with van der Waals surface area (Å²) in [5, 5.41) is 15.3. The first kappa shape index (κ1) is 18.1. The summed E-state index contributed by atoms with van der Waals surface area (Å²) in [7, 11) is 0. The van der Waals surface area contributed by atoms with Gasteiger partial charge in [-0.15, -0.1) is 5.10 Å². The Morgan fingerprint density at radius 1 is 1.15 bits per heavy atom. The first-order chi connectivity index (χ1) is 12.6. The van der Waals surface area contributed by atoms with Gasteiger partial charge in [0.1, 0.15) is 0 Å². The Kier molecular flexibility index (Phi) is 6.01. The number of tetrazole rings is 1. The fourth-order valence-electron chi connectivity index (χ4n) is 2.60. The molecule has 3 aromatic rings. The first-order valence-corrected chi connectivity index (χ1v) is 9.41. The van der Waals surface area contributed by atoms with E-state index in [1.165, 1.54) is 22.9 Å². The highest BCUT2D eigenvalue weighted by Crippen LogP contribution is 2.18. The lowest BCUT2D eigenvalue weighted by Crippen LogP contribution is -2.27. The Morgan fingerprint density at radius 3 is 2.81 bits per heavy atom. The van der Waals surface area contributed by atoms with Gasteiger partial charge in [0.2, 0.25) is 11.1 Å². The largest absolute Gasteiger partial charge is 0.355 e. The number of amides is 1. The van der Waals surface area contributed by atoms with Gasteiger partial charge in [-0.05, 0) is 59.5 Å². The second-order valence-corrected chi connectivity index (χ2v) is 6.97. The summed E-state index contributed by atoms with van der Waals surface area (Å²) in [5.41, 5.74) is 4.51. The molecule has 0 atom stereocenters. The van der Waals surface area contributed by atoms with E-state index in [0.29, 0.717) is 11.7 Å². The number of benzene rings is 2. The molecule has 1 amide bonds. The summed E-state index contributed by atoms with van der Waals surface area (Å²) in [4.78, 5) is 12.1. The summed E-state index contributed by atoms with van der Waals surface area (Å²) in [6, 6.07) is 16.1. The van der Waals surface area contributed by atoms with Crippen LogP contribution in [0.25, 0.3) is 5.69 Å². The zero-order valence-electron chi connectivity index (χ0n) is 14.8. The Hall–Kier alpha value is -2.67. The lowest BCUT2D eigenvalue weighted by Gasteiger charge is -2.08. The maximum Gasteiger partial charge on any atom is 0.230 e. The molecule has 26 heavy (non-hydrogen) atoms. The van der Waals surface area contributed by atoms with Crippen LogP contribution in [0.15, 0.2) is 53.7 Å². The van der Waals surface area contributed by atoms with E-state index in [1.54, 1.807) is 4.68 Å². The zero-order valence-corrected chi connectivity index (χ0v) is 15.7. The van der Waals surface area contributed by atoms with Gasteiger partial charge in [0, 0.05) is 6.54 Å². The number of aryl methyl sites for hydroxylation is 2. The van der Waals surface area contributed by atoms with Gasteiger partial charge in [0.05, 0.1) is 11.4 Å². The van der Waals surface area contributed by atoms with E-state index < -0.39 is 0 Å². The molecule has 0 fully saturated rings. The Labute approximate surface area is 157 Å². The second kappa shape index (κ2) is 8.62. The monoisotopic (exact) mass is 367 g/mol. The predicted octanol–water partition coefficient (Wildman–Crippen LogP) is 2.73. The van der Waals surface area contributed by atoms with Crippen molar-refractivity contribution < 1.29 is 4.79 Å². The fourth-order valence-corrected chi connectivity index (χ4v) is 3.32. The average molecular weight is 367 g/mol. The van der Waals surface area contributed by atoms with Crippen molar-refractivity contribution in [1.29, 1.82) is 0 Å². The molecule has 0 unspecified atom stereocenters. The van der Waals surface area contributed by atoms with Crippen molar-refractivity contribution in [2.75, 3.05) is 12.3 Å². The van der Waals surface area contributed by atoms with Crippen LogP contribution in [0.5, 0.6) is 0 Å². The normalized spacial score (nSPS) is 10.7. The van der Waals surface area contributed by atoms with E-state index >= 15 is 0 Å². The van der Waals surface area contributed by atoms with E-state index in [4.69, 9.17) is 0 Å². The van der Waals surface area contributed by atoms with Gasteiger partial charge >= 0.3 is 0 Å². The van der Waals surface area contributed by atoms with Crippen LogP contribution in [0, 0.1) is 13.8 Å². The number of hydrogen-bond donors (Lipinski definition) is 1. The summed E-state index contributed by atoms with van der Waals surface area (Å²) in [5.74, 6) is 0.252. The van der Waals surface area contributed by atoms with Crippen molar-refractivity contribution in [2.45, 2.75) is 25.4 Å². The molecule has 6 nitrogen and oxygen atoms in total. The predicted molar refractivity (Wildman–Crippen MR) is 103 cm³/mol. The minimum Gasteiger partial charge on any atom is -0.355 e. The molecule has 0 aliphatic heterocycles.